The Morgan fingerprint density at radius 1 is 1.10 bits per heavy atom. The summed E-state index contributed by atoms with van der Waals surface area (Å²) in [5.74, 6) is 1.60. The molecule has 0 atom stereocenters. The molecule has 2 aromatic rings. The van der Waals surface area contributed by atoms with Crippen molar-refractivity contribution in [2.24, 2.45) is 0 Å². The summed E-state index contributed by atoms with van der Waals surface area (Å²) in [5, 5.41) is 0. The highest BCUT2D eigenvalue weighted by molar-refractivity contribution is 5.67. The van der Waals surface area contributed by atoms with Gasteiger partial charge >= 0.3 is 6.09 Å². The average Bonchev–Trinajstić information content (AvgIpc) is 2.67. The van der Waals surface area contributed by atoms with Gasteiger partial charge in [0.15, 0.2) is 5.75 Å². The predicted molar refractivity (Wildman–Crippen MR) is 107 cm³/mol. The smallest absolute Gasteiger partial charge is 0.410 e. The van der Waals surface area contributed by atoms with E-state index in [0.29, 0.717) is 43.4 Å². The van der Waals surface area contributed by atoms with Gasteiger partial charge in [-0.15, -0.1) is 0 Å². The van der Waals surface area contributed by atoms with Crippen molar-refractivity contribution in [3.63, 3.8) is 0 Å². The number of piperidine rings is 1. The van der Waals surface area contributed by atoms with Crippen molar-refractivity contribution >= 4 is 6.09 Å². The van der Waals surface area contributed by atoms with Crippen LogP contribution in [0.3, 0.4) is 0 Å². The summed E-state index contributed by atoms with van der Waals surface area (Å²) in [7, 11) is 0. The van der Waals surface area contributed by atoms with Crippen LogP contribution in [0.1, 0.15) is 43.6 Å². The number of aryl methyl sites for hydroxylation is 2. The summed E-state index contributed by atoms with van der Waals surface area (Å²) in [6.45, 7) is 10.6. The Morgan fingerprint density at radius 2 is 1.79 bits per heavy atom. The normalized spacial score (nSPS) is 14.8. The topological polar surface area (TPSA) is 86.7 Å². The molecular formula is C21H28N4O4. The summed E-state index contributed by atoms with van der Waals surface area (Å²) in [6.07, 6.45) is 2.45. The number of ether oxygens (including phenoxy) is 3. The monoisotopic (exact) mass is 400 g/mol. The lowest BCUT2D eigenvalue weighted by molar-refractivity contribution is 0.0505. The zero-order valence-corrected chi connectivity index (χ0v) is 17.6. The van der Waals surface area contributed by atoms with Crippen molar-refractivity contribution in [1.82, 2.24) is 19.9 Å². The van der Waals surface area contributed by atoms with Gasteiger partial charge in [-0.3, -0.25) is 4.98 Å². The molecule has 1 saturated heterocycles. The molecule has 3 rings (SSSR count). The fourth-order valence-electron chi connectivity index (χ4n) is 3.12. The second-order valence-corrected chi connectivity index (χ2v) is 7.48. The second-order valence-electron chi connectivity index (χ2n) is 7.48. The number of carbonyl (C=O) groups excluding carboxylic acids is 1. The molecule has 0 aromatic carbocycles. The fourth-order valence-corrected chi connectivity index (χ4v) is 3.12. The predicted octanol–water partition coefficient (Wildman–Crippen LogP) is 3.98. The minimum Gasteiger partial charge on any atom is -0.474 e. The van der Waals surface area contributed by atoms with Crippen LogP contribution in [-0.2, 0) is 4.74 Å². The van der Waals surface area contributed by atoms with E-state index in [0.717, 1.165) is 17.0 Å². The van der Waals surface area contributed by atoms with Crippen molar-refractivity contribution in [1.29, 1.82) is 0 Å². The number of rotatable bonds is 5. The highest BCUT2D eigenvalue weighted by Crippen LogP contribution is 2.30. The molecule has 156 valence electrons. The first-order chi connectivity index (χ1) is 13.8. The lowest BCUT2D eigenvalue weighted by Crippen LogP contribution is -2.42. The number of likely N-dealkylation sites (tertiary alicyclic amines) is 1. The molecule has 1 aliphatic rings. The van der Waals surface area contributed by atoms with Crippen molar-refractivity contribution in [2.75, 3.05) is 13.1 Å². The van der Waals surface area contributed by atoms with E-state index in [4.69, 9.17) is 14.2 Å². The van der Waals surface area contributed by atoms with Crippen molar-refractivity contribution < 1.29 is 19.0 Å². The van der Waals surface area contributed by atoms with E-state index in [-0.39, 0.29) is 18.3 Å². The van der Waals surface area contributed by atoms with Crippen LogP contribution in [0.2, 0.25) is 0 Å². The van der Waals surface area contributed by atoms with Crippen molar-refractivity contribution in [3.05, 3.63) is 35.4 Å². The Balaban J connectivity index is 1.62. The Labute approximate surface area is 171 Å². The van der Waals surface area contributed by atoms with Crippen LogP contribution in [0.25, 0.3) is 0 Å². The van der Waals surface area contributed by atoms with Gasteiger partial charge in [-0.2, -0.15) is 0 Å². The van der Waals surface area contributed by atoms with Crippen LogP contribution in [0.4, 0.5) is 4.79 Å². The van der Waals surface area contributed by atoms with Gasteiger partial charge in [0.2, 0.25) is 11.8 Å². The maximum Gasteiger partial charge on any atom is 0.410 e. The minimum absolute atomic E-state index is 0.0256. The fraction of sp³-hybridized carbons (Fsp3) is 0.524. The molecule has 3 heterocycles. The third kappa shape index (κ3) is 5.34. The van der Waals surface area contributed by atoms with Gasteiger partial charge in [0.1, 0.15) is 12.4 Å². The molecule has 0 saturated carbocycles. The van der Waals surface area contributed by atoms with Gasteiger partial charge in [0.05, 0.1) is 17.4 Å². The largest absolute Gasteiger partial charge is 0.474 e. The molecular weight excluding hydrogens is 372 g/mol. The molecule has 1 amide bonds. The molecule has 0 N–H and O–H groups in total. The summed E-state index contributed by atoms with van der Waals surface area (Å²) >= 11 is 0. The first-order valence-corrected chi connectivity index (χ1v) is 9.89. The van der Waals surface area contributed by atoms with Gasteiger partial charge < -0.3 is 19.1 Å². The Bertz CT molecular complexity index is 864. The van der Waals surface area contributed by atoms with Gasteiger partial charge in [0, 0.05) is 31.6 Å². The van der Waals surface area contributed by atoms with Gasteiger partial charge in [-0.25, -0.2) is 14.8 Å². The summed E-state index contributed by atoms with van der Waals surface area (Å²) in [6, 6.07) is 3.78. The minimum atomic E-state index is -0.269. The lowest BCUT2D eigenvalue weighted by atomic mass is 10.1. The summed E-state index contributed by atoms with van der Waals surface area (Å²) < 4.78 is 17.3. The van der Waals surface area contributed by atoms with E-state index >= 15 is 0 Å². The van der Waals surface area contributed by atoms with Gasteiger partial charge in [-0.1, -0.05) is 0 Å². The first-order valence-electron chi connectivity index (χ1n) is 9.89. The van der Waals surface area contributed by atoms with Crippen LogP contribution in [0, 0.1) is 20.8 Å². The Morgan fingerprint density at radius 3 is 2.45 bits per heavy atom. The summed E-state index contributed by atoms with van der Waals surface area (Å²) in [5.41, 5.74) is 2.46. The lowest BCUT2D eigenvalue weighted by Gasteiger charge is -2.31. The van der Waals surface area contributed by atoms with E-state index in [1.54, 1.807) is 4.90 Å². The highest BCUT2D eigenvalue weighted by Gasteiger charge is 2.26. The third-order valence-electron chi connectivity index (χ3n) is 4.69. The molecule has 0 radical (unpaired) electrons. The van der Waals surface area contributed by atoms with Crippen LogP contribution in [0.15, 0.2) is 18.5 Å². The molecule has 2 aromatic heterocycles. The first kappa shape index (κ1) is 20.8. The third-order valence-corrected chi connectivity index (χ3v) is 4.69. The van der Waals surface area contributed by atoms with Gasteiger partial charge in [0.25, 0.3) is 0 Å². The Kier molecular flexibility index (Phi) is 6.51. The van der Waals surface area contributed by atoms with E-state index in [1.165, 1.54) is 6.33 Å². The quantitative estimate of drug-likeness (QED) is 0.750. The van der Waals surface area contributed by atoms with E-state index < -0.39 is 0 Å². The maximum atomic E-state index is 12.0. The highest BCUT2D eigenvalue weighted by atomic mass is 16.6. The maximum absolute atomic E-state index is 12.0. The van der Waals surface area contributed by atoms with Crippen LogP contribution < -0.4 is 9.47 Å². The molecule has 29 heavy (non-hydrogen) atoms. The molecule has 0 bridgehead atoms. The number of hydrogen-bond acceptors (Lipinski definition) is 7. The number of carbonyl (C=O) groups is 1. The molecule has 8 heteroatoms. The van der Waals surface area contributed by atoms with Crippen LogP contribution in [-0.4, -0.2) is 51.2 Å². The number of hydrogen-bond donors (Lipinski definition) is 0. The van der Waals surface area contributed by atoms with Crippen molar-refractivity contribution in [3.8, 4) is 17.5 Å². The summed E-state index contributed by atoms with van der Waals surface area (Å²) in [4.78, 5) is 26.7. The second kappa shape index (κ2) is 9.07. The van der Waals surface area contributed by atoms with Crippen LogP contribution >= 0.6 is 0 Å². The molecule has 0 unspecified atom stereocenters. The number of pyridine rings is 1. The molecule has 1 fully saturated rings. The van der Waals surface area contributed by atoms with E-state index in [1.807, 2.05) is 46.8 Å². The van der Waals surface area contributed by atoms with E-state index in [2.05, 4.69) is 15.0 Å². The van der Waals surface area contributed by atoms with Crippen molar-refractivity contribution in [2.45, 2.75) is 59.7 Å². The number of aromatic nitrogens is 3. The average molecular weight is 400 g/mol. The van der Waals surface area contributed by atoms with Crippen LogP contribution in [0.5, 0.6) is 17.5 Å². The number of nitrogens with zero attached hydrogens (tertiary/aromatic N) is 4. The van der Waals surface area contributed by atoms with Gasteiger partial charge in [-0.05, 0) is 46.8 Å². The molecule has 8 nitrogen and oxygen atoms in total. The molecule has 0 spiro atoms. The zero-order valence-electron chi connectivity index (χ0n) is 17.6. The number of amides is 1. The zero-order chi connectivity index (χ0) is 21.0. The SMILES string of the molecule is Cc1ccc(Oc2ncnc(OC3CCN(C(=O)OC(C)C)CC3)c2C)c(C)n1. The standard InChI is InChI=1S/C21H28N4O4/c1-13(2)27-21(26)25-10-8-17(9-11-25)28-19-15(4)20(23-12-22-19)29-18-7-6-14(3)24-16(18)5/h6-7,12-13,17H,8-11H2,1-5H3. The molecule has 0 aliphatic carbocycles. The molecule has 1 aliphatic heterocycles. The Hall–Kier alpha value is -2.90. The van der Waals surface area contributed by atoms with E-state index in [9.17, 15) is 4.79 Å².